The first kappa shape index (κ1) is 17.3. The second-order valence-corrected chi connectivity index (χ2v) is 5.01. The molecular weight excluding hydrogens is 322 g/mol. The van der Waals surface area contributed by atoms with E-state index in [9.17, 15) is 0 Å². The van der Waals surface area contributed by atoms with Crippen molar-refractivity contribution in [3.63, 3.8) is 0 Å². The fourth-order valence-electron chi connectivity index (χ4n) is 1.75. The number of ether oxygens (including phenoxy) is 2. The van der Waals surface area contributed by atoms with E-state index in [1.807, 2.05) is 19.9 Å². The van der Waals surface area contributed by atoms with Crippen LogP contribution in [-0.4, -0.2) is 49.5 Å². The predicted molar refractivity (Wildman–Crippen MR) is 84.3 cm³/mol. The molecule has 1 aromatic heterocycles. The van der Waals surface area contributed by atoms with Gasteiger partial charge >= 0.3 is 0 Å². The van der Waals surface area contributed by atoms with Crippen LogP contribution < -0.4 is 4.90 Å². The molecule has 0 saturated heterocycles. The van der Waals surface area contributed by atoms with Gasteiger partial charge in [0.15, 0.2) is 0 Å². The third-order valence-electron chi connectivity index (χ3n) is 2.79. The highest BCUT2D eigenvalue weighted by Gasteiger charge is 2.10. The molecule has 20 heavy (non-hydrogen) atoms. The fourth-order valence-corrected chi connectivity index (χ4v) is 2.16. The average Bonchev–Trinajstić information content (AvgIpc) is 2.45. The molecule has 0 fully saturated rings. The largest absolute Gasteiger partial charge is 0.380 e. The Hall–Kier alpha value is -0.720. The van der Waals surface area contributed by atoms with Crippen LogP contribution in [-0.2, 0) is 15.9 Å². The van der Waals surface area contributed by atoms with Crippen molar-refractivity contribution in [1.82, 2.24) is 9.97 Å². The van der Waals surface area contributed by atoms with Crippen LogP contribution in [0.15, 0.2) is 10.7 Å². The van der Waals surface area contributed by atoms with Crippen LogP contribution in [0.3, 0.4) is 0 Å². The van der Waals surface area contributed by atoms with Crippen molar-refractivity contribution in [2.24, 2.45) is 0 Å². The van der Waals surface area contributed by atoms with E-state index in [1.165, 1.54) is 0 Å². The molecule has 0 bridgehead atoms. The Kier molecular flexibility index (Phi) is 8.73. The summed E-state index contributed by atoms with van der Waals surface area (Å²) >= 11 is 3.45. The van der Waals surface area contributed by atoms with E-state index in [4.69, 9.17) is 9.47 Å². The maximum Gasteiger partial charge on any atom is 0.133 e. The van der Waals surface area contributed by atoms with E-state index in [0.717, 1.165) is 49.0 Å². The standard InChI is InChI=1S/C14H24BrN3O2/c1-4-13-16-12(15)11-14(17-13)18(7-9-19-5-2)8-10-20-6-3/h11H,4-10H2,1-3H3. The molecule has 0 radical (unpaired) electrons. The lowest BCUT2D eigenvalue weighted by molar-refractivity contribution is 0.141. The number of hydrogen-bond acceptors (Lipinski definition) is 5. The molecule has 0 N–H and O–H groups in total. The normalized spacial score (nSPS) is 10.8. The van der Waals surface area contributed by atoms with Gasteiger partial charge in [-0.25, -0.2) is 9.97 Å². The number of rotatable bonds is 10. The molecule has 0 aromatic carbocycles. The Balaban J connectivity index is 2.75. The number of halogens is 1. The summed E-state index contributed by atoms with van der Waals surface area (Å²) in [5, 5.41) is 0. The third-order valence-corrected chi connectivity index (χ3v) is 3.19. The summed E-state index contributed by atoms with van der Waals surface area (Å²) in [5.74, 6) is 1.76. The summed E-state index contributed by atoms with van der Waals surface area (Å²) in [7, 11) is 0. The Bertz CT molecular complexity index is 381. The summed E-state index contributed by atoms with van der Waals surface area (Å²) in [5.41, 5.74) is 0. The van der Waals surface area contributed by atoms with Crippen LogP contribution in [0.2, 0.25) is 0 Å². The maximum absolute atomic E-state index is 5.44. The highest BCUT2D eigenvalue weighted by molar-refractivity contribution is 9.10. The van der Waals surface area contributed by atoms with Crippen molar-refractivity contribution in [2.75, 3.05) is 44.4 Å². The second kappa shape index (κ2) is 10.1. The van der Waals surface area contributed by atoms with Gasteiger partial charge in [-0.2, -0.15) is 0 Å². The van der Waals surface area contributed by atoms with Crippen LogP contribution in [0.5, 0.6) is 0 Å². The molecule has 1 aromatic rings. The Morgan fingerprint density at radius 3 is 2.15 bits per heavy atom. The second-order valence-electron chi connectivity index (χ2n) is 4.20. The third kappa shape index (κ3) is 6.15. The predicted octanol–water partition coefficient (Wildman–Crippen LogP) is 2.68. The van der Waals surface area contributed by atoms with E-state index in [2.05, 4.69) is 37.7 Å². The van der Waals surface area contributed by atoms with Gasteiger partial charge in [0.05, 0.1) is 13.2 Å². The van der Waals surface area contributed by atoms with E-state index >= 15 is 0 Å². The Labute approximate surface area is 129 Å². The van der Waals surface area contributed by atoms with Crippen LogP contribution >= 0.6 is 15.9 Å². The first-order valence-corrected chi connectivity index (χ1v) is 7.94. The summed E-state index contributed by atoms with van der Waals surface area (Å²) in [6.07, 6.45) is 0.817. The van der Waals surface area contributed by atoms with Gasteiger partial charge in [0.25, 0.3) is 0 Å². The van der Waals surface area contributed by atoms with Crippen molar-refractivity contribution >= 4 is 21.7 Å². The maximum atomic E-state index is 5.44. The van der Waals surface area contributed by atoms with E-state index < -0.39 is 0 Å². The topological polar surface area (TPSA) is 47.5 Å². The number of aryl methyl sites for hydroxylation is 1. The Morgan fingerprint density at radius 2 is 1.65 bits per heavy atom. The zero-order valence-electron chi connectivity index (χ0n) is 12.6. The molecule has 0 aliphatic rings. The minimum atomic E-state index is 0.686. The monoisotopic (exact) mass is 345 g/mol. The minimum absolute atomic E-state index is 0.686. The Morgan fingerprint density at radius 1 is 1.05 bits per heavy atom. The van der Waals surface area contributed by atoms with Crippen molar-refractivity contribution in [3.05, 3.63) is 16.5 Å². The van der Waals surface area contributed by atoms with Gasteiger partial charge in [-0.3, -0.25) is 0 Å². The molecule has 1 heterocycles. The summed E-state index contributed by atoms with van der Waals surface area (Å²) in [6, 6.07) is 1.94. The SMILES string of the molecule is CCOCCN(CCOCC)c1cc(Br)nc(CC)n1. The van der Waals surface area contributed by atoms with Crippen LogP contribution in [0.4, 0.5) is 5.82 Å². The molecule has 0 atom stereocenters. The molecule has 114 valence electrons. The minimum Gasteiger partial charge on any atom is -0.380 e. The molecular formula is C14H24BrN3O2. The van der Waals surface area contributed by atoms with Crippen molar-refractivity contribution in [2.45, 2.75) is 27.2 Å². The first-order chi connectivity index (χ1) is 9.71. The molecule has 0 spiro atoms. The quantitative estimate of drug-likeness (QED) is 0.482. The van der Waals surface area contributed by atoms with Crippen LogP contribution in [0.25, 0.3) is 0 Å². The average molecular weight is 346 g/mol. The fraction of sp³-hybridized carbons (Fsp3) is 0.714. The smallest absolute Gasteiger partial charge is 0.133 e. The molecule has 6 heteroatoms. The van der Waals surface area contributed by atoms with E-state index in [1.54, 1.807) is 0 Å². The molecule has 5 nitrogen and oxygen atoms in total. The van der Waals surface area contributed by atoms with Gasteiger partial charge in [0.1, 0.15) is 16.2 Å². The van der Waals surface area contributed by atoms with Crippen molar-refractivity contribution in [1.29, 1.82) is 0 Å². The molecule has 1 rings (SSSR count). The van der Waals surface area contributed by atoms with Crippen LogP contribution in [0.1, 0.15) is 26.6 Å². The van der Waals surface area contributed by atoms with E-state index in [0.29, 0.717) is 13.2 Å². The van der Waals surface area contributed by atoms with Gasteiger partial charge in [-0.05, 0) is 29.8 Å². The highest BCUT2D eigenvalue weighted by atomic mass is 79.9. The lowest BCUT2D eigenvalue weighted by Gasteiger charge is -2.24. The summed E-state index contributed by atoms with van der Waals surface area (Å²) in [6.45, 7) is 10.5. The molecule has 0 aliphatic heterocycles. The lowest BCUT2D eigenvalue weighted by atomic mass is 10.4. The molecule has 0 unspecified atom stereocenters. The number of hydrogen-bond donors (Lipinski definition) is 0. The van der Waals surface area contributed by atoms with Crippen molar-refractivity contribution in [3.8, 4) is 0 Å². The van der Waals surface area contributed by atoms with Crippen molar-refractivity contribution < 1.29 is 9.47 Å². The first-order valence-electron chi connectivity index (χ1n) is 7.15. The number of nitrogens with zero attached hydrogens (tertiary/aromatic N) is 3. The van der Waals surface area contributed by atoms with E-state index in [-0.39, 0.29) is 0 Å². The number of aromatic nitrogens is 2. The lowest BCUT2D eigenvalue weighted by Crippen LogP contribution is -2.32. The summed E-state index contributed by atoms with van der Waals surface area (Å²) < 4.78 is 11.7. The summed E-state index contributed by atoms with van der Waals surface area (Å²) in [4.78, 5) is 11.1. The number of anilines is 1. The van der Waals surface area contributed by atoms with Gasteiger partial charge in [-0.1, -0.05) is 6.92 Å². The molecule has 0 amide bonds. The van der Waals surface area contributed by atoms with Gasteiger partial charge in [0.2, 0.25) is 0 Å². The van der Waals surface area contributed by atoms with Gasteiger partial charge in [-0.15, -0.1) is 0 Å². The zero-order valence-corrected chi connectivity index (χ0v) is 14.1. The molecule has 0 aliphatic carbocycles. The van der Waals surface area contributed by atoms with Crippen LogP contribution in [0, 0.1) is 0 Å². The van der Waals surface area contributed by atoms with Gasteiger partial charge in [0, 0.05) is 38.8 Å². The van der Waals surface area contributed by atoms with Gasteiger partial charge < -0.3 is 14.4 Å². The zero-order chi connectivity index (χ0) is 14.8. The highest BCUT2D eigenvalue weighted by Crippen LogP contribution is 2.16. The molecule has 0 saturated carbocycles.